The minimum absolute atomic E-state index is 0.0127. The minimum Gasteiger partial charge on any atom is -0.288 e. The molecule has 5 heteroatoms. The Bertz CT molecular complexity index is 570. The van der Waals surface area contributed by atoms with Gasteiger partial charge in [0.05, 0.1) is 16.7 Å². The van der Waals surface area contributed by atoms with E-state index in [1.165, 1.54) is 0 Å². The Morgan fingerprint density at radius 1 is 1.50 bits per heavy atom. The summed E-state index contributed by atoms with van der Waals surface area (Å²) in [7, 11) is 0. The quantitative estimate of drug-likeness (QED) is 0.605. The standard InChI is InChI=1S/C11H15N3OS/c1-4-5-13-10(16-3)6-9-7-12-8(2)14(9)11(13)15/h6-7H,4-5H2,1-3H3. The van der Waals surface area contributed by atoms with Crippen LogP contribution in [-0.4, -0.2) is 20.2 Å². The second-order valence-electron chi connectivity index (χ2n) is 3.69. The number of thioether (sulfide) groups is 1. The van der Waals surface area contributed by atoms with Gasteiger partial charge >= 0.3 is 5.69 Å². The lowest BCUT2D eigenvalue weighted by molar-refractivity contribution is 0.577. The van der Waals surface area contributed by atoms with Crippen molar-refractivity contribution in [3.05, 3.63) is 28.6 Å². The second kappa shape index (κ2) is 4.33. The lowest BCUT2D eigenvalue weighted by Crippen LogP contribution is -2.28. The first-order valence-corrected chi connectivity index (χ1v) is 6.53. The maximum Gasteiger partial charge on any atom is 0.334 e. The molecule has 0 unspecified atom stereocenters. The van der Waals surface area contributed by atoms with Gasteiger partial charge in [-0.25, -0.2) is 14.2 Å². The molecule has 2 rings (SSSR count). The summed E-state index contributed by atoms with van der Waals surface area (Å²) in [4.78, 5) is 16.4. The normalized spacial score (nSPS) is 11.2. The predicted molar refractivity (Wildman–Crippen MR) is 66.3 cm³/mol. The number of hydrogen-bond donors (Lipinski definition) is 0. The molecule has 0 aromatic carbocycles. The van der Waals surface area contributed by atoms with Gasteiger partial charge in [-0.05, 0) is 25.7 Å². The predicted octanol–water partition coefficient (Wildman–Crippen LogP) is 1.94. The molecule has 0 saturated heterocycles. The molecular formula is C11H15N3OS. The van der Waals surface area contributed by atoms with Crippen molar-refractivity contribution >= 4 is 17.3 Å². The Morgan fingerprint density at radius 3 is 2.88 bits per heavy atom. The van der Waals surface area contributed by atoms with E-state index in [0.29, 0.717) is 0 Å². The van der Waals surface area contributed by atoms with Gasteiger partial charge in [0, 0.05) is 6.54 Å². The zero-order valence-corrected chi connectivity index (χ0v) is 10.5. The minimum atomic E-state index is 0.0127. The summed E-state index contributed by atoms with van der Waals surface area (Å²) < 4.78 is 3.47. The first-order valence-electron chi connectivity index (χ1n) is 5.31. The van der Waals surface area contributed by atoms with Gasteiger partial charge in [0.25, 0.3) is 0 Å². The summed E-state index contributed by atoms with van der Waals surface area (Å²) in [5.41, 5.74) is 0.887. The molecule has 0 radical (unpaired) electrons. The number of aromatic nitrogens is 3. The topological polar surface area (TPSA) is 39.3 Å². The van der Waals surface area contributed by atoms with E-state index in [-0.39, 0.29) is 5.69 Å². The summed E-state index contributed by atoms with van der Waals surface area (Å²) in [6.07, 6.45) is 4.68. The largest absolute Gasteiger partial charge is 0.334 e. The van der Waals surface area contributed by atoms with Crippen LogP contribution in [0.4, 0.5) is 0 Å². The van der Waals surface area contributed by atoms with Gasteiger partial charge in [0.1, 0.15) is 5.82 Å². The Morgan fingerprint density at radius 2 is 2.25 bits per heavy atom. The summed E-state index contributed by atoms with van der Waals surface area (Å²) in [5.74, 6) is 0.748. The van der Waals surface area contributed by atoms with Gasteiger partial charge in [0.15, 0.2) is 0 Å². The van der Waals surface area contributed by atoms with Crippen LogP contribution in [-0.2, 0) is 6.54 Å². The maximum atomic E-state index is 12.3. The molecule has 0 amide bonds. The van der Waals surface area contributed by atoms with E-state index < -0.39 is 0 Å². The molecule has 0 aliphatic rings. The first-order chi connectivity index (χ1) is 7.69. The molecule has 4 nitrogen and oxygen atoms in total. The van der Waals surface area contributed by atoms with Gasteiger partial charge in [0.2, 0.25) is 0 Å². The van der Waals surface area contributed by atoms with Crippen LogP contribution in [0.3, 0.4) is 0 Å². The molecule has 0 fully saturated rings. The van der Waals surface area contributed by atoms with E-state index in [9.17, 15) is 4.79 Å². The highest BCUT2D eigenvalue weighted by Gasteiger charge is 2.09. The summed E-state index contributed by atoms with van der Waals surface area (Å²) >= 11 is 1.60. The summed E-state index contributed by atoms with van der Waals surface area (Å²) in [6, 6.07) is 2.02. The fraction of sp³-hybridized carbons (Fsp3) is 0.455. The van der Waals surface area contributed by atoms with Gasteiger partial charge in [-0.3, -0.25) is 4.57 Å². The van der Waals surface area contributed by atoms with Crippen LogP contribution in [0.5, 0.6) is 0 Å². The van der Waals surface area contributed by atoms with Gasteiger partial charge in [-0.15, -0.1) is 11.8 Å². The zero-order valence-electron chi connectivity index (χ0n) is 9.73. The Balaban J connectivity index is 2.80. The monoisotopic (exact) mass is 237 g/mol. The van der Waals surface area contributed by atoms with E-state index in [1.807, 2.05) is 23.8 Å². The number of hydrogen-bond acceptors (Lipinski definition) is 3. The molecule has 2 heterocycles. The lowest BCUT2D eigenvalue weighted by atomic mass is 10.4. The molecule has 86 valence electrons. The van der Waals surface area contributed by atoms with Gasteiger partial charge < -0.3 is 0 Å². The number of imidazole rings is 1. The van der Waals surface area contributed by atoms with E-state index in [2.05, 4.69) is 11.9 Å². The van der Waals surface area contributed by atoms with E-state index in [0.717, 1.165) is 29.3 Å². The Hall–Kier alpha value is -1.23. The van der Waals surface area contributed by atoms with Crippen molar-refractivity contribution in [1.82, 2.24) is 14.0 Å². The average molecular weight is 237 g/mol. The van der Waals surface area contributed by atoms with Gasteiger partial charge in [-0.2, -0.15) is 0 Å². The molecule has 0 spiro atoms. The number of aryl methyl sites for hydroxylation is 1. The Labute approximate surface area is 98.3 Å². The molecule has 0 aliphatic heterocycles. The van der Waals surface area contributed by atoms with E-state index in [4.69, 9.17) is 0 Å². The molecule has 0 saturated carbocycles. The van der Waals surface area contributed by atoms with Crippen LogP contribution in [0.2, 0.25) is 0 Å². The van der Waals surface area contributed by atoms with Crippen LogP contribution < -0.4 is 5.69 Å². The van der Waals surface area contributed by atoms with Crippen molar-refractivity contribution in [3.63, 3.8) is 0 Å². The van der Waals surface area contributed by atoms with Crippen molar-refractivity contribution in [2.24, 2.45) is 0 Å². The number of rotatable bonds is 3. The van der Waals surface area contributed by atoms with Crippen molar-refractivity contribution < 1.29 is 0 Å². The SMILES string of the molecule is CCCn1c(SC)cc2cnc(C)n2c1=O. The molecular weight excluding hydrogens is 222 g/mol. The Kier molecular flexibility index (Phi) is 3.05. The molecule has 0 aliphatic carbocycles. The highest BCUT2D eigenvalue weighted by atomic mass is 32.2. The number of nitrogens with zero attached hydrogens (tertiary/aromatic N) is 3. The third kappa shape index (κ3) is 1.65. The molecule has 0 atom stereocenters. The van der Waals surface area contributed by atoms with Crippen LogP contribution in [0.25, 0.3) is 5.52 Å². The maximum absolute atomic E-state index is 12.3. The van der Waals surface area contributed by atoms with Crippen molar-refractivity contribution in [1.29, 1.82) is 0 Å². The van der Waals surface area contributed by atoms with Crippen LogP contribution >= 0.6 is 11.8 Å². The second-order valence-corrected chi connectivity index (χ2v) is 4.51. The number of fused-ring (bicyclic) bond motifs is 1. The molecule has 2 aromatic heterocycles. The highest BCUT2D eigenvalue weighted by molar-refractivity contribution is 7.98. The average Bonchev–Trinajstić information content (AvgIpc) is 2.64. The molecule has 0 N–H and O–H groups in total. The molecule has 2 aromatic rings. The van der Waals surface area contributed by atoms with Crippen LogP contribution in [0.15, 0.2) is 22.1 Å². The highest BCUT2D eigenvalue weighted by Crippen LogP contribution is 2.16. The molecule has 0 bridgehead atoms. The smallest absolute Gasteiger partial charge is 0.288 e. The zero-order chi connectivity index (χ0) is 11.7. The van der Waals surface area contributed by atoms with Crippen molar-refractivity contribution in [2.45, 2.75) is 31.8 Å². The lowest BCUT2D eigenvalue weighted by Gasteiger charge is -2.10. The third-order valence-electron chi connectivity index (χ3n) is 2.58. The molecule has 16 heavy (non-hydrogen) atoms. The van der Waals surface area contributed by atoms with Gasteiger partial charge in [-0.1, -0.05) is 6.92 Å². The fourth-order valence-corrected chi connectivity index (χ4v) is 2.46. The first kappa shape index (κ1) is 11.3. The van der Waals surface area contributed by atoms with Crippen LogP contribution in [0, 0.1) is 6.92 Å². The van der Waals surface area contributed by atoms with E-state index in [1.54, 1.807) is 22.4 Å². The summed E-state index contributed by atoms with van der Waals surface area (Å²) in [5, 5.41) is 0.999. The summed E-state index contributed by atoms with van der Waals surface area (Å²) in [6.45, 7) is 4.67. The van der Waals surface area contributed by atoms with E-state index >= 15 is 0 Å². The fourth-order valence-electron chi connectivity index (χ4n) is 1.83. The third-order valence-corrected chi connectivity index (χ3v) is 3.34. The van der Waals surface area contributed by atoms with Crippen molar-refractivity contribution in [3.8, 4) is 0 Å². The van der Waals surface area contributed by atoms with Crippen molar-refractivity contribution in [2.75, 3.05) is 6.26 Å². The van der Waals surface area contributed by atoms with Crippen LogP contribution in [0.1, 0.15) is 19.2 Å².